The van der Waals surface area contributed by atoms with Crippen molar-refractivity contribution < 1.29 is 24.4 Å². The Morgan fingerprint density at radius 2 is 2.32 bits per heavy atom. The summed E-state index contributed by atoms with van der Waals surface area (Å²) in [5.74, 6) is -2.87. The maximum absolute atomic E-state index is 14.3. The minimum atomic E-state index is -3.09. The zero-order chi connectivity index (χ0) is 14.4. The van der Waals surface area contributed by atoms with Crippen LogP contribution in [0.5, 0.6) is 0 Å². The predicted octanol–water partition coefficient (Wildman–Crippen LogP) is -1.23. The lowest BCUT2D eigenvalue weighted by atomic mass is 9.97. The second-order valence-corrected chi connectivity index (χ2v) is 4.75. The summed E-state index contributed by atoms with van der Waals surface area (Å²) in [4.78, 5) is 4.91. The lowest BCUT2D eigenvalue weighted by Gasteiger charge is -2.33. The highest BCUT2D eigenvalue weighted by molar-refractivity contribution is 5.92. The van der Waals surface area contributed by atoms with Gasteiger partial charge in [-0.05, 0) is 13.0 Å². The van der Waals surface area contributed by atoms with Gasteiger partial charge in [0.25, 0.3) is 5.85 Å². The molecular formula is C11H16FN3O4. The van der Waals surface area contributed by atoms with Gasteiger partial charge in [-0.3, -0.25) is 0 Å². The molecule has 0 saturated carbocycles. The van der Waals surface area contributed by atoms with Gasteiger partial charge in [-0.25, -0.2) is 9.38 Å². The van der Waals surface area contributed by atoms with Gasteiger partial charge in [0.2, 0.25) is 0 Å². The first kappa shape index (κ1) is 13.9. The molecule has 0 spiro atoms. The molecule has 5 N–H and O–H groups in total. The summed E-state index contributed by atoms with van der Waals surface area (Å²) >= 11 is 0. The van der Waals surface area contributed by atoms with Crippen LogP contribution in [0.25, 0.3) is 0 Å². The average Bonchev–Trinajstić information content (AvgIpc) is 2.51. The summed E-state index contributed by atoms with van der Waals surface area (Å²) in [6.45, 7) is 4.19. The zero-order valence-corrected chi connectivity index (χ0v) is 10.3. The molecule has 0 bridgehead atoms. The standard InChI is InChI=1S/C11H16FN3O4/c1-6-14-7(13)3-4-15(6)9-11(12,18)8(17)10(2,5-16)19-9/h3-4,8-9,16-18H,1,5H2,2H3,(H2,13,14)/t8-,9-,10-,11-/m1/s1. The van der Waals surface area contributed by atoms with Crippen LogP contribution in [0.4, 0.5) is 4.39 Å². The fourth-order valence-corrected chi connectivity index (χ4v) is 2.04. The molecular weight excluding hydrogens is 257 g/mol. The van der Waals surface area contributed by atoms with E-state index >= 15 is 0 Å². The highest BCUT2D eigenvalue weighted by Gasteiger charge is 2.64. The lowest BCUT2D eigenvalue weighted by molar-refractivity contribution is -0.201. The number of aliphatic hydroxyl groups is 3. The van der Waals surface area contributed by atoms with Gasteiger partial charge < -0.3 is 30.7 Å². The number of alkyl halides is 1. The summed E-state index contributed by atoms with van der Waals surface area (Å²) < 4.78 is 19.5. The summed E-state index contributed by atoms with van der Waals surface area (Å²) in [5, 5.41) is 28.7. The molecule has 4 atom stereocenters. The largest absolute Gasteiger partial charge is 0.393 e. The van der Waals surface area contributed by atoms with E-state index in [0.29, 0.717) is 0 Å². The highest BCUT2D eigenvalue weighted by Crippen LogP contribution is 2.42. The maximum Gasteiger partial charge on any atom is 0.281 e. The van der Waals surface area contributed by atoms with Crippen molar-refractivity contribution in [2.45, 2.75) is 30.7 Å². The van der Waals surface area contributed by atoms with Crippen LogP contribution in [0, 0.1) is 0 Å². The number of amidine groups is 1. The second kappa shape index (κ2) is 4.27. The molecule has 0 aliphatic carbocycles. The van der Waals surface area contributed by atoms with E-state index in [1.807, 2.05) is 0 Å². The minimum absolute atomic E-state index is 0.0514. The van der Waals surface area contributed by atoms with Gasteiger partial charge >= 0.3 is 0 Å². The van der Waals surface area contributed by atoms with E-state index in [2.05, 4.69) is 11.6 Å². The average molecular weight is 273 g/mol. The Kier molecular flexibility index (Phi) is 3.13. The molecule has 8 heteroatoms. The molecule has 1 saturated heterocycles. The Hall–Kier alpha value is -1.48. The van der Waals surface area contributed by atoms with E-state index in [-0.39, 0.29) is 11.7 Å². The number of aliphatic hydroxyl groups excluding tert-OH is 2. The fourth-order valence-electron chi connectivity index (χ4n) is 2.04. The first-order valence-corrected chi connectivity index (χ1v) is 5.60. The fraction of sp³-hybridized carbons (Fsp3) is 0.545. The second-order valence-electron chi connectivity index (χ2n) is 4.75. The van der Waals surface area contributed by atoms with Crippen molar-refractivity contribution in [2.75, 3.05) is 6.61 Å². The summed E-state index contributed by atoms with van der Waals surface area (Å²) in [6, 6.07) is 0. The Labute approximate surface area is 109 Å². The van der Waals surface area contributed by atoms with Crippen LogP contribution in [0.2, 0.25) is 0 Å². The van der Waals surface area contributed by atoms with Gasteiger partial charge in [-0.15, -0.1) is 0 Å². The first-order chi connectivity index (χ1) is 8.72. The third kappa shape index (κ3) is 2.02. The van der Waals surface area contributed by atoms with Gasteiger partial charge in [-0.2, -0.15) is 0 Å². The van der Waals surface area contributed by atoms with Gasteiger partial charge in [0, 0.05) is 6.20 Å². The van der Waals surface area contributed by atoms with Crippen LogP contribution in [-0.4, -0.2) is 56.4 Å². The number of ether oxygens (including phenoxy) is 1. The number of nitrogens with two attached hydrogens (primary N) is 1. The van der Waals surface area contributed by atoms with Crippen molar-refractivity contribution in [3.63, 3.8) is 0 Å². The van der Waals surface area contributed by atoms with Crippen molar-refractivity contribution in [1.29, 1.82) is 0 Å². The van der Waals surface area contributed by atoms with Crippen molar-refractivity contribution in [2.24, 2.45) is 10.7 Å². The number of nitrogens with zero attached hydrogens (tertiary/aromatic N) is 2. The molecule has 2 rings (SSSR count). The van der Waals surface area contributed by atoms with E-state index in [9.17, 15) is 19.7 Å². The molecule has 106 valence electrons. The van der Waals surface area contributed by atoms with Gasteiger partial charge in [0.15, 0.2) is 6.23 Å². The maximum atomic E-state index is 14.3. The van der Waals surface area contributed by atoms with Gasteiger partial charge in [0.1, 0.15) is 23.4 Å². The molecule has 0 aromatic rings. The zero-order valence-electron chi connectivity index (χ0n) is 10.3. The Morgan fingerprint density at radius 3 is 2.79 bits per heavy atom. The van der Waals surface area contributed by atoms with Crippen molar-refractivity contribution in [3.05, 3.63) is 24.7 Å². The summed E-state index contributed by atoms with van der Waals surface area (Å²) in [6.07, 6.45) is -0.801. The van der Waals surface area contributed by atoms with Crippen molar-refractivity contribution in [3.8, 4) is 0 Å². The SMILES string of the molecule is C=C1N=C(N)C=CN1[C@@H]1O[C@](C)(CO)[C@@H](O)[C@]1(O)F. The van der Waals surface area contributed by atoms with Crippen LogP contribution < -0.4 is 5.73 Å². The lowest BCUT2D eigenvalue weighted by Crippen LogP contribution is -2.52. The molecule has 7 nitrogen and oxygen atoms in total. The summed E-state index contributed by atoms with van der Waals surface area (Å²) in [5.41, 5.74) is 3.82. The number of aliphatic imine (C=N–C) groups is 1. The Balaban J connectivity index is 2.32. The minimum Gasteiger partial charge on any atom is -0.393 e. The third-order valence-corrected chi connectivity index (χ3v) is 3.22. The monoisotopic (exact) mass is 273 g/mol. The molecule has 0 amide bonds. The molecule has 0 aromatic carbocycles. The molecule has 0 radical (unpaired) electrons. The van der Waals surface area contributed by atoms with Gasteiger partial charge in [-0.1, -0.05) is 6.58 Å². The molecule has 0 unspecified atom stereocenters. The number of rotatable bonds is 2. The predicted molar refractivity (Wildman–Crippen MR) is 64.2 cm³/mol. The van der Waals surface area contributed by atoms with Crippen molar-refractivity contribution >= 4 is 5.84 Å². The number of hydrogen-bond acceptors (Lipinski definition) is 7. The van der Waals surface area contributed by atoms with E-state index in [0.717, 1.165) is 4.90 Å². The number of hydrogen-bond donors (Lipinski definition) is 4. The molecule has 1 fully saturated rings. The van der Waals surface area contributed by atoms with Gasteiger partial charge in [0.05, 0.1) is 6.61 Å². The van der Waals surface area contributed by atoms with E-state index in [1.165, 1.54) is 19.2 Å². The quantitative estimate of drug-likeness (QED) is 0.501. The normalized spacial score (nSPS) is 42.7. The third-order valence-electron chi connectivity index (χ3n) is 3.22. The van der Waals surface area contributed by atoms with Crippen molar-refractivity contribution in [1.82, 2.24) is 4.90 Å². The van der Waals surface area contributed by atoms with E-state index in [1.54, 1.807) is 0 Å². The highest BCUT2D eigenvalue weighted by atomic mass is 19.2. The molecule has 2 aliphatic heterocycles. The molecule has 2 aliphatic rings. The van der Waals surface area contributed by atoms with Crippen LogP contribution >= 0.6 is 0 Å². The Morgan fingerprint density at radius 1 is 1.68 bits per heavy atom. The van der Waals surface area contributed by atoms with Crippen LogP contribution in [0.1, 0.15) is 6.92 Å². The van der Waals surface area contributed by atoms with Crippen LogP contribution in [-0.2, 0) is 4.74 Å². The van der Waals surface area contributed by atoms with E-state index < -0.39 is 30.4 Å². The van der Waals surface area contributed by atoms with Crippen LogP contribution in [0.3, 0.4) is 0 Å². The van der Waals surface area contributed by atoms with Crippen LogP contribution in [0.15, 0.2) is 29.7 Å². The molecule has 0 aromatic heterocycles. The Bertz CT molecular complexity index is 465. The topological polar surface area (TPSA) is 112 Å². The number of halogens is 1. The summed E-state index contributed by atoms with van der Waals surface area (Å²) in [7, 11) is 0. The smallest absolute Gasteiger partial charge is 0.281 e. The first-order valence-electron chi connectivity index (χ1n) is 5.60. The molecule has 2 heterocycles. The molecule has 19 heavy (non-hydrogen) atoms. The van der Waals surface area contributed by atoms with E-state index in [4.69, 9.17) is 10.5 Å².